The van der Waals surface area contributed by atoms with Crippen LogP contribution in [0.1, 0.15) is 40.2 Å². The molecule has 0 spiro atoms. The minimum atomic E-state index is -0.0214. The quantitative estimate of drug-likeness (QED) is 0.507. The number of carbonyl (C=O) groups excluding carboxylic acids is 1. The summed E-state index contributed by atoms with van der Waals surface area (Å²) in [6.45, 7) is 5.74. The van der Waals surface area contributed by atoms with Crippen LogP contribution in [0.5, 0.6) is 5.75 Å². The molecule has 1 heterocycles. The molecule has 0 saturated heterocycles. The second kappa shape index (κ2) is 9.62. The van der Waals surface area contributed by atoms with Gasteiger partial charge >= 0.3 is 0 Å². The van der Waals surface area contributed by atoms with Crippen molar-refractivity contribution in [2.45, 2.75) is 52.2 Å². The first kappa shape index (κ1) is 21.5. The predicted octanol–water partition coefficient (Wildman–Crippen LogP) is 5.11. The molecule has 0 atom stereocenters. The second-order valence-electron chi connectivity index (χ2n) is 8.26. The van der Waals surface area contributed by atoms with E-state index in [1.54, 1.807) is 18.4 Å². The van der Waals surface area contributed by atoms with Gasteiger partial charge < -0.3 is 10.1 Å². The van der Waals surface area contributed by atoms with E-state index >= 15 is 0 Å². The largest absolute Gasteiger partial charge is 0.497 e. The molecule has 1 aromatic heterocycles. The number of benzene rings is 2. The Morgan fingerprint density at radius 2 is 1.94 bits per heavy atom. The van der Waals surface area contributed by atoms with Crippen LogP contribution in [-0.2, 0) is 24.3 Å². The number of aryl methyl sites for hydroxylation is 2. The molecule has 1 amide bonds. The molecule has 5 nitrogen and oxygen atoms in total. The van der Waals surface area contributed by atoms with E-state index in [0.29, 0.717) is 12.5 Å². The van der Waals surface area contributed by atoms with E-state index < -0.39 is 0 Å². The Balaban J connectivity index is 1.35. The lowest BCUT2D eigenvalue weighted by atomic mass is 10.1. The van der Waals surface area contributed by atoms with Gasteiger partial charge in [0, 0.05) is 30.2 Å². The van der Waals surface area contributed by atoms with Crippen molar-refractivity contribution in [1.82, 2.24) is 9.88 Å². The molecule has 1 N–H and O–H groups in total. The third-order valence-electron chi connectivity index (χ3n) is 5.55. The first-order chi connectivity index (χ1) is 15.0. The van der Waals surface area contributed by atoms with Crippen LogP contribution in [0.2, 0.25) is 0 Å². The molecular formula is C25H29N3O2S. The molecule has 162 valence electrons. The van der Waals surface area contributed by atoms with Gasteiger partial charge in [-0.1, -0.05) is 24.3 Å². The average molecular weight is 436 g/mol. The highest BCUT2D eigenvalue weighted by atomic mass is 32.1. The topological polar surface area (TPSA) is 54.5 Å². The van der Waals surface area contributed by atoms with E-state index in [4.69, 9.17) is 9.72 Å². The maximum Gasteiger partial charge on any atom is 0.231 e. The number of aromatic nitrogens is 1. The van der Waals surface area contributed by atoms with Crippen LogP contribution in [0, 0.1) is 13.8 Å². The zero-order chi connectivity index (χ0) is 21.8. The minimum Gasteiger partial charge on any atom is -0.497 e. The van der Waals surface area contributed by atoms with E-state index in [1.807, 2.05) is 38.1 Å². The van der Waals surface area contributed by atoms with E-state index in [1.165, 1.54) is 18.4 Å². The van der Waals surface area contributed by atoms with Crippen molar-refractivity contribution in [3.05, 3.63) is 75.2 Å². The lowest BCUT2D eigenvalue weighted by Crippen LogP contribution is -2.25. The van der Waals surface area contributed by atoms with Gasteiger partial charge in [0.1, 0.15) is 10.8 Å². The number of hydrogen-bond acceptors (Lipinski definition) is 5. The number of hydrogen-bond donors (Lipinski definition) is 1. The van der Waals surface area contributed by atoms with Gasteiger partial charge in [-0.15, -0.1) is 11.3 Å². The SMILES string of the molecule is COc1ccc(CN(Cc2csc(CC(=O)Nc3cc(C)ccc3C)n2)C2CC2)cc1. The average Bonchev–Trinajstić information content (AvgIpc) is 3.52. The highest BCUT2D eigenvalue weighted by Crippen LogP contribution is 2.30. The Morgan fingerprint density at radius 3 is 2.65 bits per heavy atom. The Labute approximate surface area is 188 Å². The Morgan fingerprint density at radius 1 is 1.16 bits per heavy atom. The molecule has 2 aromatic carbocycles. The van der Waals surface area contributed by atoms with E-state index in [-0.39, 0.29) is 5.91 Å². The van der Waals surface area contributed by atoms with E-state index in [9.17, 15) is 4.79 Å². The smallest absolute Gasteiger partial charge is 0.231 e. The van der Waals surface area contributed by atoms with Crippen LogP contribution < -0.4 is 10.1 Å². The molecule has 3 aromatic rings. The molecule has 0 aliphatic heterocycles. The fourth-order valence-corrected chi connectivity index (χ4v) is 4.42. The number of methoxy groups -OCH3 is 1. The number of anilines is 1. The van der Waals surface area contributed by atoms with Gasteiger partial charge in [0.05, 0.1) is 19.2 Å². The van der Waals surface area contributed by atoms with Gasteiger partial charge in [0.15, 0.2) is 0 Å². The fourth-order valence-electron chi connectivity index (χ4n) is 3.63. The summed E-state index contributed by atoms with van der Waals surface area (Å²) in [7, 11) is 1.69. The van der Waals surface area contributed by atoms with Crippen molar-refractivity contribution in [1.29, 1.82) is 0 Å². The van der Waals surface area contributed by atoms with Crippen LogP contribution in [0.3, 0.4) is 0 Å². The number of ether oxygens (including phenoxy) is 1. The van der Waals surface area contributed by atoms with Crippen LogP contribution in [0.25, 0.3) is 0 Å². The summed E-state index contributed by atoms with van der Waals surface area (Å²) >= 11 is 1.57. The zero-order valence-corrected chi connectivity index (χ0v) is 19.2. The van der Waals surface area contributed by atoms with Crippen LogP contribution >= 0.6 is 11.3 Å². The Kier molecular flexibility index (Phi) is 6.68. The normalized spacial score (nSPS) is 13.4. The van der Waals surface area contributed by atoms with Crippen molar-refractivity contribution in [3.8, 4) is 5.75 Å². The fraction of sp³-hybridized carbons (Fsp3) is 0.360. The van der Waals surface area contributed by atoms with Crippen molar-refractivity contribution >= 4 is 22.9 Å². The third-order valence-corrected chi connectivity index (χ3v) is 6.45. The first-order valence-electron chi connectivity index (χ1n) is 10.7. The van der Waals surface area contributed by atoms with Crippen LogP contribution in [0.4, 0.5) is 5.69 Å². The lowest BCUT2D eigenvalue weighted by molar-refractivity contribution is -0.115. The van der Waals surface area contributed by atoms with Gasteiger partial charge in [0.2, 0.25) is 5.91 Å². The molecule has 0 unspecified atom stereocenters. The molecule has 6 heteroatoms. The van der Waals surface area contributed by atoms with Crippen LogP contribution in [0.15, 0.2) is 47.8 Å². The maximum atomic E-state index is 12.5. The van der Waals surface area contributed by atoms with Gasteiger partial charge in [-0.05, 0) is 61.6 Å². The number of amides is 1. The summed E-state index contributed by atoms with van der Waals surface area (Å²) in [5, 5.41) is 5.97. The summed E-state index contributed by atoms with van der Waals surface area (Å²) in [6.07, 6.45) is 2.79. The predicted molar refractivity (Wildman–Crippen MR) is 126 cm³/mol. The second-order valence-corrected chi connectivity index (χ2v) is 9.20. The van der Waals surface area contributed by atoms with E-state index in [0.717, 1.165) is 46.4 Å². The molecule has 4 rings (SSSR count). The summed E-state index contributed by atoms with van der Waals surface area (Å²) < 4.78 is 5.26. The molecular weight excluding hydrogens is 406 g/mol. The van der Waals surface area contributed by atoms with Gasteiger partial charge in [0.25, 0.3) is 0 Å². The molecule has 31 heavy (non-hydrogen) atoms. The lowest BCUT2D eigenvalue weighted by Gasteiger charge is -2.21. The zero-order valence-electron chi connectivity index (χ0n) is 18.4. The number of thiazole rings is 1. The molecule has 1 fully saturated rings. The van der Waals surface area contributed by atoms with E-state index in [2.05, 4.69) is 33.8 Å². The summed E-state index contributed by atoms with van der Waals surface area (Å²) in [5.41, 5.74) is 5.39. The number of nitrogens with zero attached hydrogens (tertiary/aromatic N) is 2. The monoisotopic (exact) mass is 435 g/mol. The molecule has 0 bridgehead atoms. The molecule has 1 aliphatic rings. The summed E-state index contributed by atoms with van der Waals surface area (Å²) in [6, 6.07) is 15.0. The van der Waals surface area contributed by atoms with Crippen molar-refractivity contribution in [2.75, 3.05) is 12.4 Å². The molecule has 1 saturated carbocycles. The first-order valence-corrected chi connectivity index (χ1v) is 11.6. The van der Waals surface area contributed by atoms with Gasteiger partial charge in [-0.25, -0.2) is 4.98 Å². The van der Waals surface area contributed by atoms with Crippen LogP contribution in [-0.4, -0.2) is 28.9 Å². The van der Waals surface area contributed by atoms with Crippen molar-refractivity contribution in [3.63, 3.8) is 0 Å². The van der Waals surface area contributed by atoms with Gasteiger partial charge in [-0.3, -0.25) is 9.69 Å². The Hall–Kier alpha value is -2.70. The molecule has 1 aliphatic carbocycles. The highest BCUT2D eigenvalue weighted by molar-refractivity contribution is 7.09. The third kappa shape index (κ3) is 5.93. The minimum absolute atomic E-state index is 0.0214. The summed E-state index contributed by atoms with van der Waals surface area (Å²) in [5.74, 6) is 0.858. The standard InChI is InChI=1S/C25H29N3O2S/c1-17-4-5-18(2)23(12-17)27-24(29)13-25-26-20(16-31-25)15-28(21-8-9-21)14-19-6-10-22(30-3)11-7-19/h4-7,10-12,16,21H,8-9,13-15H2,1-3H3,(H,27,29). The molecule has 0 radical (unpaired) electrons. The maximum absolute atomic E-state index is 12.5. The van der Waals surface area contributed by atoms with Gasteiger partial charge in [-0.2, -0.15) is 0 Å². The number of carbonyl (C=O) groups is 1. The number of rotatable bonds is 9. The van der Waals surface area contributed by atoms with Crippen molar-refractivity contribution in [2.24, 2.45) is 0 Å². The summed E-state index contributed by atoms with van der Waals surface area (Å²) in [4.78, 5) is 19.8. The highest BCUT2D eigenvalue weighted by Gasteiger charge is 2.29. The van der Waals surface area contributed by atoms with Crippen molar-refractivity contribution < 1.29 is 9.53 Å². The Bertz CT molecular complexity index is 1040. The number of nitrogens with one attached hydrogen (secondary N) is 1.